The van der Waals surface area contributed by atoms with Crippen LogP contribution in [0.2, 0.25) is 5.02 Å². The number of fused-ring (bicyclic) bond motifs is 1. The minimum atomic E-state index is -4.93. The molecule has 2 rings (SSSR count). The van der Waals surface area contributed by atoms with E-state index in [-0.39, 0.29) is 21.3 Å². The van der Waals surface area contributed by atoms with Crippen molar-refractivity contribution < 1.29 is 47.1 Å². The van der Waals surface area contributed by atoms with Gasteiger partial charge in [-0.15, -0.1) is 5.01 Å². The van der Waals surface area contributed by atoms with Gasteiger partial charge < -0.3 is 24.6 Å². The molecule has 0 aromatic heterocycles. The Bertz CT molecular complexity index is 905. The van der Waals surface area contributed by atoms with Gasteiger partial charge in [-0.05, 0) is 30.7 Å². The van der Waals surface area contributed by atoms with Gasteiger partial charge in [-0.25, -0.2) is 4.79 Å². The molecule has 1 aliphatic heterocycles. The van der Waals surface area contributed by atoms with Crippen LogP contribution in [0.15, 0.2) is 23.0 Å². The van der Waals surface area contributed by atoms with Gasteiger partial charge >= 0.3 is 18.1 Å². The minimum absolute atomic E-state index is 0.0759. The highest BCUT2D eigenvalue weighted by atomic mass is 35.5. The first-order chi connectivity index (χ1) is 13.9. The molecule has 1 aromatic rings. The number of nitrogens with zero attached hydrogens (tertiary/aromatic N) is 3. The predicted octanol–water partition coefficient (Wildman–Crippen LogP) is 2.68. The number of aliphatic carboxylic acids is 1. The van der Waals surface area contributed by atoms with Gasteiger partial charge in [-0.2, -0.15) is 13.2 Å². The van der Waals surface area contributed by atoms with E-state index in [4.69, 9.17) is 21.4 Å². The van der Waals surface area contributed by atoms with E-state index in [0.717, 1.165) is 13.1 Å². The molecule has 0 unspecified atom stereocenters. The highest BCUT2D eigenvalue weighted by Gasteiger charge is 2.49. The molecule has 0 fully saturated rings. The van der Waals surface area contributed by atoms with Crippen molar-refractivity contribution in [2.24, 2.45) is 5.28 Å². The maximum atomic E-state index is 13.4. The average molecular weight is 454 g/mol. The van der Waals surface area contributed by atoms with E-state index < -0.39 is 43.1 Å². The van der Waals surface area contributed by atoms with Crippen LogP contribution in [0.25, 0.3) is 6.08 Å². The number of halogens is 4. The quantitative estimate of drug-likeness (QED) is 0.167. The summed E-state index contributed by atoms with van der Waals surface area (Å²) in [6.07, 6.45) is -6.58. The molecule has 164 valence electrons. The molecule has 0 radical (unpaired) electrons. The fraction of sp³-hybridized carbons (Fsp3) is 0.375. The molecule has 0 saturated heterocycles. The highest BCUT2D eigenvalue weighted by molar-refractivity contribution is 6.30. The van der Waals surface area contributed by atoms with E-state index in [2.05, 4.69) is 14.9 Å². The number of carbonyl (C=O) groups is 2. The summed E-state index contributed by atoms with van der Waals surface area (Å²) in [6, 6.07) is 2.74. The summed E-state index contributed by atoms with van der Waals surface area (Å²) in [5, 5.41) is 23.6. The maximum absolute atomic E-state index is 13.4. The second-order valence-corrected chi connectivity index (χ2v) is 6.44. The Morgan fingerprint density at radius 3 is 2.70 bits per heavy atom. The number of alkyl halides is 3. The molecular weight excluding hydrogens is 439 g/mol. The van der Waals surface area contributed by atoms with Crippen molar-refractivity contribution in [1.82, 2.24) is 5.01 Å². The van der Waals surface area contributed by atoms with E-state index in [1.165, 1.54) is 19.1 Å². The van der Waals surface area contributed by atoms with Gasteiger partial charge in [0.1, 0.15) is 5.75 Å². The van der Waals surface area contributed by atoms with Gasteiger partial charge in [0, 0.05) is 10.6 Å². The van der Waals surface area contributed by atoms with Crippen molar-refractivity contribution in [3.8, 4) is 5.75 Å². The molecule has 30 heavy (non-hydrogen) atoms. The molecule has 1 aromatic carbocycles. The largest absolute Gasteiger partial charge is 0.569 e. The van der Waals surface area contributed by atoms with Crippen LogP contribution >= 0.6 is 11.6 Å². The number of ether oxygens (including phenoxy) is 2. The van der Waals surface area contributed by atoms with Crippen LogP contribution in [0, 0.1) is 12.1 Å². The third kappa shape index (κ3) is 5.65. The number of carboxylic acid groups (broad SMARTS) is 1. The Hall–Kier alpha value is -3.22. The number of hydrazine groups is 1. The molecule has 0 aliphatic carbocycles. The number of carboxylic acids is 1. The first kappa shape index (κ1) is 23.1. The average Bonchev–Trinajstić information content (AvgIpc) is 2.62. The number of benzene rings is 1. The number of hydrogen-bond donors (Lipinski definition) is 1. The minimum Gasteiger partial charge on any atom is -0.569 e. The predicted molar refractivity (Wildman–Crippen MR) is 93.0 cm³/mol. The molecule has 1 heterocycles. The Balaban J connectivity index is 2.13. The van der Waals surface area contributed by atoms with Gasteiger partial charge in [0.15, 0.2) is 6.54 Å². The fourth-order valence-electron chi connectivity index (χ4n) is 2.41. The van der Waals surface area contributed by atoms with Crippen molar-refractivity contribution in [3.63, 3.8) is 0 Å². The van der Waals surface area contributed by atoms with E-state index in [1.54, 1.807) is 0 Å². The van der Waals surface area contributed by atoms with Crippen LogP contribution in [-0.4, -0.2) is 59.7 Å². The molecule has 0 saturated carbocycles. The van der Waals surface area contributed by atoms with E-state index >= 15 is 0 Å². The highest BCUT2D eigenvalue weighted by Crippen LogP contribution is 2.40. The van der Waals surface area contributed by atoms with Crippen molar-refractivity contribution in [2.75, 3.05) is 20.4 Å². The third-order valence-electron chi connectivity index (χ3n) is 3.66. The summed E-state index contributed by atoms with van der Waals surface area (Å²) < 4.78 is 49.7. The number of carbonyl (C=O) groups excluding carboxylic acids is 1. The molecule has 1 aliphatic rings. The fourth-order valence-corrected chi connectivity index (χ4v) is 2.69. The molecule has 1 N–H and O–H groups in total. The third-order valence-corrected chi connectivity index (χ3v) is 3.87. The first-order valence-corrected chi connectivity index (χ1v) is 8.43. The van der Waals surface area contributed by atoms with Crippen LogP contribution < -0.4 is 4.74 Å². The summed E-state index contributed by atoms with van der Waals surface area (Å²) in [7, 11) is 1.09. The molecule has 0 spiro atoms. The van der Waals surface area contributed by atoms with E-state index in [9.17, 15) is 28.0 Å². The smallest absolute Gasteiger partial charge is 0.430 e. The van der Waals surface area contributed by atoms with Crippen LogP contribution in [0.1, 0.15) is 11.1 Å². The Kier molecular flexibility index (Phi) is 6.97. The van der Waals surface area contributed by atoms with Crippen molar-refractivity contribution in [2.45, 2.75) is 19.2 Å². The second-order valence-electron chi connectivity index (χ2n) is 6.00. The standard InChI is InChI=1S/C16H15ClF3N3O7/c1-8-3-10(17)4-9-5-11(14(16(18,19)20)30-13(8)9)15(26)28-7-29-21-23(27)22(2)6-12(24)25/h3-5,14H,6-7H2,1-2H3,(H,24,25)/b23-21-/t14-/m0/s1. The van der Waals surface area contributed by atoms with E-state index in [1.807, 2.05) is 0 Å². The van der Waals surface area contributed by atoms with Crippen LogP contribution in [-0.2, 0) is 19.2 Å². The zero-order chi connectivity index (χ0) is 22.6. The van der Waals surface area contributed by atoms with E-state index in [0.29, 0.717) is 10.6 Å². The zero-order valence-corrected chi connectivity index (χ0v) is 16.2. The van der Waals surface area contributed by atoms with Crippen molar-refractivity contribution >= 4 is 29.6 Å². The van der Waals surface area contributed by atoms with Gasteiger partial charge in [0.2, 0.25) is 11.4 Å². The molecular formula is C16H15ClF3N3O7. The van der Waals surface area contributed by atoms with Crippen LogP contribution in [0.4, 0.5) is 13.2 Å². The molecule has 1 atom stereocenters. The lowest BCUT2D eigenvalue weighted by atomic mass is 9.99. The molecule has 0 bridgehead atoms. The summed E-state index contributed by atoms with van der Waals surface area (Å²) in [5.41, 5.74) is -0.361. The van der Waals surface area contributed by atoms with Gasteiger partial charge in [0.25, 0.3) is 6.79 Å². The monoisotopic (exact) mass is 453 g/mol. The normalized spacial score (nSPS) is 16.1. The Morgan fingerprint density at radius 1 is 1.43 bits per heavy atom. The number of aryl methyl sites for hydroxylation is 1. The SMILES string of the molecule is Cc1cc(Cl)cc2c1O[C@H](C(F)(F)F)C(C(=O)OCO/N=[N+](\[O-])N(C)CC(=O)O)=C2. The van der Waals surface area contributed by atoms with Crippen molar-refractivity contribution in [1.29, 1.82) is 0 Å². The molecule has 0 amide bonds. The second kappa shape index (κ2) is 9.07. The summed E-state index contributed by atoms with van der Waals surface area (Å²) in [4.78, 5) is 26.8. The lowest BCUT2D eigenvalue weighted by Gasteiger charge is -2.28. The zero-order valence-electron chi connectivity index (χ0n) is 15.5. The number of esters is 1. The van der Waals surface area contributed by atoms with Gasteiger partial charge in [0.05, 0.1) is 17.6 Å². The topological polar surface area (TPSA) is 124 Å². The lowest BCUT2D eigenvalue weighted by Crippen LogP contribution is -2.41. The van der Waals surface area contributed by atoms with Crippen molar-refractivity contribution in [3.05, 3.63) is 39.1 Å². The summed E-state index contributed by atoms with van der Waals surface area (Å²) in [6.45, 7) is -0.211. The maximum Gasteiger partial charge on any atom is 0.430 e. The molecule has 10 nitrogen and oxygen atoms in total. The lowest BCUT2D eigenvalue weighted by molar-refractivity contribution is -0.704. The number of likely N-dealkylation sites (N-methyl/N-ethyl adjacent to an activating group) is 1. The van der Waals surface area contributed by atoms with Crippen LogP contribution in [0.5, 0.6) is 5.75 Å². The van der Waals surface area contributed by atoms with Gasteiger partial charge in [-0.1, -0.05) is 11.6 Å². The first-order valence-electron chi connectivity index (χ1n) is 8.05. The van der Waals surface area contributed by atoms with Gasteiger partial charge in [-0.3, -0.25) is 4.79 Å². The summed E-state index contributed by atoms with van der Waals surface area (Å²) in [5.74, 6) is -2.82. The molecule has 14 heteroatoms. The Morgan fingerprint density at radius 2 is 2.10 bits per heavy atom. The van der Waals surface area contributed by atoms with Crippen LogP contribution in [0.3, 0.4) is 0 Å². The number of rotatable bonds is 7. The summed E-state index contributed by atoms with van der Waals surface area (Å²) >= 11 is 5.89. The number of hydrogen-bond acceptors (Lipinski definition) is 7. The Labute approximate surface area is 172 Å².